The summed E-state index contributed by atoms with van der Waals surface area (Å²) >= 11 is 0. The van der Waals surface area contributed by atoms with Gasteiger partial charge in [0, 0.05) is 37.4 Å². The summed E-state index contributed by atoms with van der Waals surface area (Å²) < 4.78 is 7.24. The molecule has 1 aromatic carbocycles. The number of para-hydroxylation sites is 2. The number of hydrogen-bond donors (Lipinski definition) is 1. The van der Waals surface area contributed by atoms with Crippen LogP contribution in [0.15, 0.2) is 61.3 Å². The number of carbonyl (C=O) groups is 1. The zero-order valence-corrected chi connectivity index (χ0v) is 14.2. The predicted molar refractivity (Wildman–Crippen MR) is 98.8 cm³/mol. The number of morpholine rings is 1. The van der Waals surface area contributed by atoms with E-state index < -0.39 is 0 Å². The maximum Gasteiger partial charge on any atom is 0.274 e. The lowest BCUT2D eigenvalue weighted by Gasteiger charge is -2.28. The van der Waals surface area contributed by atoms with Crippen LogP contribution in [0, 0.1) is 0 Å². The number of pyridine rings is 1. The third-order valence-corrected chi connectivity index (χ3v) is 4.29. The minimum Gasteiger partial charge on any atom is -0.378 e. The monoisotopic (exact) mass is 349 g/mol. The van der Waals surface area contributed by atoms with Gasteiger partial charge in [0.15, 0.2) is 0 Å². The van der Waals surface area contributed by atoms with Crippen molar-refractivity contribution in [1.29, 1.82) is 0 Å². The first-order chi connectivity index (χ1) is 12.8. The number of imidazole rings is 1. The molecular formula is C19H19N5O2. The number of nitrogens with zero attached hydrogens (tertiary/aromatic N) is 4. The highest BCUT2D eigenvalue weighted by atomic mass is 16.5. The van der Waals surface area contributed by atoms with Crippen molar-refractivity contribution in [3.8, 4) is 5.69 Å². The van der Waals surface area contributed by atoms with Crippen molar-refractivity contribution >= 4 is 17.3 Å². The van der Waals surface area contributed by atoms with Gasteiger partial charge < -0.3 is 19.5 Å². The van der Waals surface area contributed by atoms with Gasteiger partial charge in [0.05, 0.1) is 30.9 Å². The van der Waals surface area contributed by atoms with Gasteiger partial charge in [-0.2, -0.15) is 0 Å². The molecular weight excluding hydrogens is 330 g/mol. The molecule has 1 aliphatic rings. The van der Waals surface area contributed by atoms with Crippen molar-refractivity contribution < 1.29 is 9.53 Å². The van der Waals surface area contributed by atoms with Gasteiger partial charge in [-0.15, -0.1) is 0 Å². The summed E-state index contributed by atoms with van der Waals surface area (Å²) in [5.41, 5.74) is 2.92. The molecule has 1 aliphatic heterocycles. The van der Waals surface area contributed by atoms with E-state index in [1.165, 1.54) is 0 Å². The Morgan fingerprint density at radius 3 is 2.77 bits per heavy atom. The van der Waals surface area contributed by atoms with E-state index in [4.69, 9.17) is 4.74 Å². The molecule has 1 fully saturated rings. The fraction of sp³-hybridized carbons (Fsp3) is 0.211. The second kappa shape index (κ2) is 7.37. The Bertz CT molecular complexity index is 888. The molecule has 7 heteroatoms. The van der Waals surface area contributed by atoms with Crippen LogP contribution in [0.2, 0.25) is 0 Å². The highest BCUT2D eigenvalue weighted by Crippen LogP contribution is 2.21. The first kappa shape index (κ1) is 16.3. The molecule has 2 aromatic heterocycles. The van der Waals surface area contributed by atoms with Gasteiger partial charge in [-0.3, -0.25) is 9.78 Å². The van der Waals surface area contributed by atoms with E-state index in [1.807, 2.05) is 47.2 Å². The van der Waals surface area contributed by atoms with Crippen LogP contribution < -0.4 is 10.2 Å². The van der Waals surface area contributed by atoms with Crippen LogP contribution in [0.4, 0.5) is 11.4 Å². The molecule has 0 atom stereocenters. The Labute approximate surface area is 151 Å². The van der Waals surface area contributed by atoms with E-state index in [0.717, 1.165) is 24.5 Å². The fourth-order valence-electron chi connectivity index (χ4n) is 2.95. The van der Waals surface area contributed by atoms with Crippen LogP contribution in [0.1, 0.15) is 10.5 Å². The van der Waals surface area contributed by atoms with Gasteiger partial charge in [-0.05, 0) is 24.3 Å². The summed E-state index contributed by atoms with van der Waals surface area (Å²) in [5.74, 6) is -0.243. The highest BCUT2D eigenvalue weighted by molar-refractivity contribution is 6.04. The molecule has 1 N–H and O–H groups in total. The molecule has 26 heavy (non-hydrogen) atoms. The number of aromatic nitrogens is 3. The Balaban J connectivity index is 1.56. The van der Waals surface area contributed by atoms with Crippen LogP contribution in [0.25, 0.3) is 5.69 Å². The van der Waals surface area contributed by atoms with Crippen molar-refractivity contribution in [2.24, 2.45) is 0 Å². The van der Waals surface area contributed by atoms with E-state index in [0.29, 0.717) is 24.6 Å². The topological polar surface area (TPSA) is 72.3 Å². The number of amides is 1. The number of anilines is 2. The van der Waals surface area contributed by atoms with Crippen molar-refractivity contribution in [2.45, 2.75) is 0 Å². The van der Waals surface area contributed by atoms with Crippen molar-refractivity contribution in [1.82, 2.24) is 14.5 Å². The normalized spacial score (nSPS) is 14.2. The van der Waals surface area contributed by atoms with Gasteiger partial charge in [0.1, 0.15) is 5.69 Å². The van der Waals surface area contributed by atoms with Crippen LogP contribution >= 0.6 is 0 Å². The standard InChI is InChI=1S/C19H19N5O2/c25-19(17-13-15(5-6-21-17)23-9-11-26-12-10-23)22-16-3-1-2-4-18(16)24-8-7-20-14-24/h1-8,13-14H,9-12H2,(H,22,25). The number of hydrogen-bond acceptors (Lipinski definition) is 5. The minimum absolute atomic E-state index is 0.243. The zero-order chi connectivity index (χ0) is 17.8. The maximum absolute atomic E-state index is 12.7. The SMILES string of the molecule is O=C(Nc1ccccc1-n1ccnc1)c1cc(N2CCOCC2)ccn1. The molecule has 7 nitrogen and oxygen atoms in total. The third kappa shape index (κ3) is 3.43. The summed E-state index contributed by atoms with van der Waals surface area (Å²) in [6.45, 7) is 3.02. The predicted octanol–water partition coefficient (Wildman–Crippen LogP) is 2.36. The number of carbonyl (C=O) groups excluding carboxylic acids is 1. The average molecular weight is 349 g/mol. The summed E-state index contributed by atoms with van der Waals surface area (Å²) in [6.07, 6.45) is 6.90. The largest absolute Gasteiger partial charge is 0.378 e. The Morgan fingerprint density at radius 2 is 1.96 bits per heavy atom. The molecule has 0 aliphatic carbocycles. The molecule has 1 saturated heterocycles. The van der Waals surface area contributed by atoms with Crippen molar-refractivity contribution in [3.63, 3.8) is 0 Å². The number of rotatable bonds is 4. The van der Waals surface area contributed by atoms with Gasteiger partial charge >= 0.3 is 0 Å². The number of benzene rings is 1. The van der Waals surface area contributed by atoms with Gasteiger partial charge in [0.25, 0.3) is 5.91 Å². The van der Waals surface area contributed by atoms with Crippen molar-refractivity contribution in [3.05, 3.63) is 67.0 Å². The molecule has 132 valence electrons. The lowest BCUT2D eigenvalue weighted by molar-refractivity contribution is 0.102. The van der Waals surface area contributed by atoms with Crippen LogP contribution in [0.5, 0.6) is 0 Å². The van der Waals surface area contributed by atoms with Gasteiger partial charge in [0.2, 0.25) is 0 Å². The van der Waals surface area contributed by atoms with E-state index in [1.54, 1.807) is 18.7 Å². The first-order valence-electron chi connectivity index (χ1n) is 8.49. The highest BCUT2D eigenvalue weighted by Gasteiger charge is 2.15. The Kier molecular flexibility index (Phi) is 4.61. The molecule has 0 radical (unpaired) electrons. The van der Waals surface area contributed by atoms with Gasteiger partial charge in [-0.25, -0.2) is 4.98 Å². The van der Waals surface area contributed by atoms with E-state index in [2.05, 4.69) is 20.2 Å². The average Bonchev–Trinajstić information content (AvgIpc) is 3.24. The smallest absolute Gasteiger partial charge is 0.274 e. The molecule has 0 spiro atoms. The zero-order valence-electron chi connectivity index (χ0n) is 14.2. The quantitative estimate of drug-likeness (QED) is 0.783. The fourth-order valence-corrected chi connectivity index (χ4v) is 2.95. The van der Waals surface area contributed by atoms with Crippen LogP contribution in [0.3, 0.4) is 0 Å². The minimum atomic E-state index is -0.243. The second-order valence-electron chi connectivity index (χ2n) is 5.94. The van der Waals surface area contributed by atoms with Crippen molar-refractivity contribution in [2.75, 3.05) is 36.5 Å². The summed E-state index contributed by atoms with van der Waals surface area (Å²) in [6, 6.07) is 11.3. The molecule has 0 bridgehead atoms. The molecule has 0 unspecified atom stereocenters. The number of nitrogens with one attached hydrogen (secondary N) is 1. The molecule has 0 saturated carbocycles. The van der Waals surface area contributed by atoms with E-state index in [9.17, 15) is 4.79 Å². The molecule has 3 heterocycles. The summed E-state index contributed by atoms with van der Waals surface area (Å²) in [5, 5.41) is 2.95. The molecule has 4 rings (SSSR count). The molecule has 3 aromatic rings. The lowest BCUT2D eigenvalue weighted by atomic mass is 10.2. The number of ether oxygens (including phenoxy) is 1. The summed E-state index contributed by atoms with van der Waals surface area (Å²) in [7, 11) is 0. The maximum atomic E-state index is 12.7. The van der Waals surface area contributed by atoms with E-state index in [-0.39, 0.29) is 5.91 Å². The lowest BCUT2D eigenvalue weighted by Crippen LogP contribution is -2.36. The van der Waals surface area contributed by atoms with Crippen LogP contribution in [-0.2, 0) is 4.74 Å². The summed E-state index contributed by atoms with van der Waals surface area (Å²) in [4.78, 5) is 23.2. The van der Waals surface area contributed by atoms with E-state index >= 15 is 0 Å². The first-order valence-corrected chi connectivity index (χ1v) is 8.49. The van der Waals surface area contributed by atoms with Gasteiger partial charge in [-0.1, -0.05) is 12.1 Å². The molecule has 1 amide bonds. The Morgan fingerprint density at radius 1 is 1.12 bits per heavy atom. The van der Waals surface area contributed by atoms with Crippen LogP contribution in [-0.4, -0.2) is 46.7 Å². The Hall–Kier alpha value is -3.19. The third-order valence-electron chi connectivity index (χ3n) is 4.29. The second-order valence-corrected chi connectivity index (χ2v) is 5.94.